The van der Waals surface area contributed by atoms with E-state index in [1.807, 2.05) is 18.0 Å². The van der Waals surface area contributed by atoms with E-state index >= 15 is 0 Å². The maximum atomic E-state index is 13.7. The molecule has 0 bridgehead atoms. The molecule has 2 N–H and O–H groups in total. The van der Waals surface area contributed by atoms with Gasteiger partial charge in [-0.2, -0.15) is 15.1 Å². The zero-order valence-corrected chi connectivity index (χ0v) is 12.9. The molecule has 3 rings (SSSR count). The Morgan fingerprint density at radius 3 is 2.78 bits per heavy atom. The van der Waals surface area contributed by atoms with E-state index in [4.69, 9.17) is 5.73 Å². The third kappa shape index (κ3) is 3.28. The van der Waals surface area contributed by atoms with Gasteiger partial charge in [-0.15, -0.1) is 0 Å². The smallest absolute Gasteiger partial charge is 0.224 e. The van der Waals surface area contributed by atoms with Crippen molar-refractivity contribution in [3.63, 3.8) is 0 Å². The summed E-state index contributed by atoms with van der Waals surface area (Å²) in [7, 11) is 1.87. The molecule has 23 heavy (non-hydrogen) atoms. The molecule has 0 radical (unpaired) electrons. The standard InChI is InChI=1S/C16H17FN6/c1-11-4-5-12(8-13(11)17)10-22(2)14-9-15(21-16(18)20-14)23-7-3-6-19-23/h3-9H,10H2,1-2H3,(H2,18,20,21). The Balaban J connectivity index is 1.87. The number of nitrogens with two attached hydrogens (primary N) is 1. The summed E-state index contributed by atoms with van der Waals surface area (Å²) in [6.45, 7) is 2.25. The molecule has 0 aliphatic rings. The molecule has 0 saturated carbocycles. The van der Waals surface area contributed by atoms with E-state index in [0.29, 0.717) is 23.7 Å². The molecule has 0 fully saturated rings. The molecular formula is C16H17FN6. The van der Waals surface area contributed by atoms with Crippen LogP contribution >= 0.6 is 0 Å². The average Bonchev–Trinajstić information content (AvgIpc) is 3.05. The highest BCUT2D eigenvalue weighted by Gasteiger charge is 2.10. The van der Waals surface area contributed by atoms with Gasteiger partial charge >= 0.3 is 0 Å². The lowest BCUT2D eigenvalue weighted by Gasteiger charge is -2.19. The van der Waals surface area contributed by atoms with Crippen LogP contribution in [0.5, 0.6) is 0 Å². The van der Waals surface area contributed by atoms with Crippen LogP contribution in [0.4, 0.5) is 16.2 Å². The number of nitrogens with zero attached hydrogens (tertiary/aromatic N) is 5. The highest BCUT2D eigenvalue weighted by Crippen LogP contribution is 2.18. The number of benzene rings is 1. The van der Waals surface area contributed by atoms with Crippen LogP contribution in [0.2, 0.25) is 0 Å². The van der Waals surface area contributed by atoms with Crippen LogP contribution in [0.25, 0.3) is 5.82 Å². The van der Waals surface area contributed by atoms with E-state index in [1.165, 1.54) is 6.07 Å². The number of anilines is 2. The van der Waals surface area contributed by atoms with Gasteiger partial charge < -0.3 is 10.6 Å². The molecule has 7 heteroatoms. The van der Waals surface area contributed by atoms with Crippen molar-refractivity contribution in [1.29, 1.82) is 0 Å². The van der Waals surface area contributed by atoms with Crippen LogP contribution in [0.3, 0.4) is 0 Å². The number of hydrogen-bond donors (Lipinski definition) is 1. The molecule has 1 aromatic carbocycles. The van der Waals surface area contributed by atoms with Gasteiger partial charge in [-0.05, 0) is 30.2 Å². The first-order chi connectivity index (χ1) is 11.0. The normalized spacial score (nSPS) is 10.7. The third-order valence-corrected chi connectivity index (χ3v) is 3.50. The first-order valence-corrected chi connectivity index (χ1v) is 7.13. The Morgan fingerprint density at radius 2 is 2.09 bits per heavy atom. The Kier molecular flexibility index (Phi) is 3.92. The van der Waals surface area contributed by atoms with Gasteiger partial charge in [0.15, 0.2) is 5.82 Å². The second-order valence-corrected chi connectivity index (χ2v) is 5.33. The van der Waals surface area contributed by atoms with E-state index in [0.717, 1.165) is 5.56 Å². The monoisotopic (exact) mass is 312 g/mol. The number of aromatic nitrogens is 4. The van der Waals surface area contributed by atoms with Crippen LogP contribution in [0.1, 0.15) is 11.1 Å². The van der Waals surface area contributed by atoms with Gasteiger partial charge in [0.25, 0.3) is 0 Å². The summed E-state index contributed by atoms with van der Waals surface area (Å²) < 4.78 is 15.3. The van der Waals surface area contributed by atoms with E-state index in [2.05, 4.69) is 15.1 Å². The predicted molar refractivity (Wildman–Crippen MR) is 86.8 cm³/mol. The van der Waals surface area contributed by atoms with Crippen LogP contribution in [-0.4, -0.2) is 26.8 Å². The summed E-state index contributed by atoms with van der Waals surface area (Å²) in [5.74, 6) is 1.17. The van der Waals surface area contributed by atoms with Gasteiger partial charge in [0.2, 0.25) is 5.95 Å². The summed E-state index contributed by atoms with van der Waals surface area (Å²) >= 11 is 0. The van der Waals surface area contributed by atoms with Gasteiger partial charge in [0.05, 0.1) is 0 Å². The molecule has 0 saturated heterocycles. The topological polar surface area (TPSA) is 72.9 Å². The SMILES string of the molecule is Cc1ccc(CN(C)c2cc(-n3cccn3)nc(N)n2)cc1F. The molecule has 0 atom stereocenters. The quantitative estimate of drug-likeness (QED) is 0.800. The summed E-state index contributed by atoms with van der Waals surface area (Å²) in [6, 6.07) is 8.78. The highest BCUT2D eigenvalue weighted by molar-refractivity contribution is 5.47. The maximum Gasteiger partial charge on any atom is 0.224 e. The Bertz CT molecular complexity index is 815. The summed E-state index contributed by atoms with van der Waals surface area (Å²) in [5, 5.41) is 4.14. The molecule has 6 nitrogen and oxygen atoms in total. The molecule has 2 heterocycles. The molecule has 0 aliphatic carbocycles. The number of hydrogen-bond acceptors (Lipinski definition) is 5. The molecule has 0 aliphatic heterocycles. The third-order valence-electron chi connectivity index (χ3n) is 3.50. The Morgan fingerprint density at radius 1 is 1.26 bits per heavy atom. The molecule has 2 aromatic heterocycles. The number of halogens is 1. The van der Waals surface area contributed by atoms with Crippen molar-refractivity contribution in [2.45, 2.75) is 13.5 Å². The van der Waals surface area contributed by atoms with Crippen molar-refractivity contribution < 1.29 is 4.39 Å². The Labute approximate surface area is 133 Å². The van der Waals surface area contributed by atoms with Crippen molar-refractivity contribution in [2.75, 3.05) is 17.7 Å². The van der Waals surface area contributed by atoms with Gasteiger partial charge in [0.1, 0.15) is 11.6 Å². The summed E-state index contributed by atoms with van der Waals surface area (Å²) in [4.78, 5) is 10.3. The molecule has 3 aromatic rings. The van der Waals surface area contributed by atoms with Gasteiger partial charge in [0, 0.05) is 32.1 Å². The van der Waals surface area contributed by atoms with Gasteiger partial charge in [-0.3, -0.25) is 0 Å². The zero-order valence-electron chi connectivity index (χ0n) is 12.9. The van der Waals surface area contributed by atoms with Crippen molar-refractivity contribution in [1.82, 2.24) is 19.7 Å². The van der Waals surface area contributed by atoms with Crippen LogP contribution in [0, 0.1) is 12.7 Å². The summed E-state index contributed by atoms with van der Waals surface area (Å²) in [5.41, 5.74) is 7.27. The van der Waals surface area contributed by atoms with E-state index < -0.39 is 0 Å². The first-order valence-electron chi connectivity index (χ1n) is 7.13. The second-order valence-electron chi connectivity index (χ2n) is 5.33. The second kappa shape index (κ2) is 6.04. The lowest BCUT2D eigenvalue weighted by molar-refractivity contribution is 0.615. The van der Waals surface area contributed by atoms with Crippen molar-refractivity contribution in [3.8, 4) is 5.82 Å². The average molecular weight is 312 g/mol. The lowest BCUT2D eigenvalue weighted by atomic mass is 10.1. The zero-order chi connectivity index (χ0) is 16.4. The molecule has 0 amide bonds. The largest absolute Gasteiger partial charge is 0.368 e. The summed E-state index contributed by atoms with van der Waals surface area (Å²) in [6.07, 6.45) is 3.44. The maximum absolute atomic E-state index is 13.7. The fourth-order valence-electron chi connectivity index (χ4n) is 2.25. The van der Waals surface area contributed by atoms with Gasteiger partial charge in [-0.25, -0.2) is 9.07 Å². The fourth-order valence-corrected chi connectivity index (χ4v) is 2.25. The lowest BCUT2D eigenvalue weighted by Crippen LogP contribution is -2.19. The minimum Gasteiger partial charge on any atom is -0.368 e. The van der Waals surface area contributed by atoms with E-state index in [9.17, 15) is 4.39 Å². The number of nitrogen functional groups attached to an aromatic ring is 1. The number of rotatable bonds is 4. The van der Waals surface area contributed by atoms with Crippen LogP contribution < -0.4 is 10.6 Å². The number of aryl methyl sites for hydroxylation is 1. The van der Waals surface area contributed by atoms with Crippen LogP contribution in [0.15, 0.2) is 42.7 Å². The van der Waals surface area contributed by atoms with Gasteiger partial charge in [-0.1, -0.05) is 12.1 Å². The highest BCUT2D eigenvalue weighted by atomic mass is 19.1. The van der Waals surface area contributed by atoms with E-state index in [-0.39, 0.29) is 11.8 Å². The Hall–Kier alpha value is -2.96. The van der Waals surface area contributed by atoms with Crippen LogP contribution in [-0.2, 0) is 6.54 Å². The van der Waals surface area contributed by atoms with Crippen molar-refractivity contribution >= 4 is 11.8 Å². The first kappa shape index (κ1) is 15.0. The molecule has 0 unspecified atom stereocenters. The fraction of sp³-hybridized carbons (Fsp3) is 0.188. The molecular weight excluding hydrogens is 295 g/mol. The minimum atomic E-state index is -0.213. The van der Waals surface area contributed by atoms with E-state index in [1.54, 1.807) is 42.2 Å². The molecule has 0 spiro atoms. The predicted octanol–water partition coefficient (Wildman–Crippen LogP) is 2.33. The van der Waals surface area contributed by atoms with Crippen molar-refractivity contribution in [3.05, 3.63) is 59.7 Å². The molecule has 118 valence electrons. The van der Waals surface area contributed by atoms with Crippen molar-refractivity contribution in [2.24, 2.45) is 0 Å². The minimum absolute atomic E-state index is 0.162.